The van der Waals surface area contributed by atoms with Gasteiger partial charge in [-0.2, -0.15) is 4.39 Å². The summed E-state index contributed by atoms with van der Waals surface area (Å²) in [6.07, 6.45) is 0. The Labute approximate surface area is 123 Å². The molecule has 0 aliphatic carbocycles. The first-order chi connectivity index (χ1) is 10.2. The molecule has 0 amide bonds. The first kappa shape index (κ1) is 17.7. The zero-order valence-electron chi connectivity index (χ0n) is 11.1. The predicted octanol–water partition coefficient (Wildman–Crippen LogP) is 0.461. The van der Waals surface area contributed by atoms with E-state index >= 15 is 0 Å². The van der Waals surface area contributed by atoms with Gasteiger partial charge in [0.25, 0.3) is 5.69 Å². The van der Waals surface area contributed by atoms with Gasteiger partial charge >= 0.3 is 5.69 Å². The molecule has 0 aliphatic heterocycles. The number of rotatable bonds is 8. The predicted molar refractivity (Wildman–Crippen MR) is 73.9 cm³/mol. The number of hydrogen-bond donors (Lipinski definition) is 2. The highest BCUT2D eigenvalue weighted by Crippen LogP contribution is 2.31. The average Bonchev–Trinajstić information content (AvgIpc) is 2.37. The fraction of sp³-hybridized carbons (Fsp3) is 0.400. The summed E-state index contributed by atoms with van der Waals surface area (Å²) in [4.78, 5) is 19.3. The highest BCUT2D eigenvalue weighted by Gasteiger charge is 2.24. The van der Waals surface area contributed by atoms with Crippen LogP contribution in [-0.2, 0) is 9.84 Å². The fourth-order valence-electron chi connectivity index (χ4n) is 1.57. The normalized spacial score (nSPS) is 11.2. The highest BCUT2D eigenvalue weighted by atomic mass is 32.2. The van der Waals surface area contributed by atoms with Crippen molar-refractivity contribution in [3.05, 3.63) is 38.2 Å². The molecule has 0 unspecified atom stereocenters. The Morgan fingerprint density at radius 3 is 2.23 bits per heavy atom. The molecule has 1 aromatic carbocycles. The van der Waals surface area contributed by atoms with Crippen molar-refractivity contribution >= 4 is 26.9 Å². The van der Waals surface area contributed by atoms with Gasteiger partial charge in [-0.1, -0.05) is 0 Å². The van der Waals surface area contributed by atoms with Crippen LogP contribution < -0.4 is 5.32 Å². The molecule has 0 atom stereocenters. The van der Waals surface area contributed by atoms with Crippen molar-refractivity contribution in [2.45, 2.75) is 0 Å². The lowest BCUT2D eigenvalue weighted by Crippen LogP contribution is -2.20. The number of aliphatic hydroxyl groups excluding tert-OH is 1. The van der Waals surface area contributed by atoms with Crippen molar-refractivity contribution < 1.29 is 27.8 Å². The maximum Gasteiger partial charge on any atom is 0.311 e. The summed E-state index contributed by atoms with van der Waals surface area (Å²) in [7, 11) is -3.55. The second-order valence-electron chi connectivity index (χ2n) is 4.14. The number of hydrogen-bond acceptors (Lipinski definition) is 8. The third-order valence-corrected chi connectivity index (χ3v) is 4.22. The van der Waals surface area contributed by atoms with E-state index in [0.717, 1.165) is 0 Å². The van der Waals surface area contributed by atoms with Crippen LogP contribution in [0.4, 0.5) is 21.5 Å². The third kappa shape index (κ3) is 4.60. The van der Waals surface area contributed by atoms with E-state index in [9.17, 15) is 33.0 Å². The van der Waals surface area contributed by atoms with E-state index in [-0.39, 0.29) is 12.2 Å². The second-order valence-corrected chi connectivity index (χ2v) is 6.44. The van der Waals surface area contributed by atoms with E-state index in [1.54, 1.807) is 0 Å². The summed E-state index contributed by atoms with van der Waals surface area (Å²) < 4.78 is 36.2. The quantitative estimate of drug-likeness (QED) is 0.512. The molecule has 0 spiro atoms. The summed E-state index contributed by atoms with van der Waals surface area (Å²) in [6.45, 7) is -0.838. The maximum absolute atomic E-state index is 13.5. The minimum absolute atomic E-state index is 0.277. The molecule has 10 nitrogen and oxygen atoms in total. The number of nitrogens with one attached hydrogen (secondary N) is 1. The molecule has 12 heteroatoms. The van der Waals surface area contributed by atoms with Crippen molar-refractivity contribution in [1.29, 1.82) is 0 Å². The molecule has 2 N–H and O–H groups in total. The van der Waals surface area contributed by atoms with Crippen molar-refractivity contribution in [2.75, 3.05) is 30.0 Å². The number of aliphatic hydroxyl groups is 1. The summed E-state index contributed by atoms with van der Waals surface area (Å²) in [6, 6.07) is 1.02. The van der Waals surface area contributed by atoms with Gasteiger partial charge in [0.2, 0.25) is 5.82 Å². The average molecular weight is 337 g/mol. The van der Waals surface area contributed by atoms with Crippen LogP contribution in [0.1, 0.15) is 0 Å². The standard InChI is InChI=1S/C10H12FN3O7S/c11-7-5-8(12-1-3-22(20,21)4-2-15)10(14(18)19)6-9(7)13(16)17/h5-6,12,15H,1-4H2. The molecule has 0 saturated carbocycles. The van der Waals surface area contributed by atoms with Crippen LogP contribution in [0, 0.1) is 26.0 Å². The number of anilines is 1. The number of halogens is 1. The molecule has 0 aromatic heterocycles. The Morgan fingerprint density at radius 1 is 1.14 bits per heavy atom. The Hall–Kier alpha value is -2.34. The summed E-state index contributed by atoms with van der Waals surface area (Å²) >= 11 is 0. The van der Waals surface area contributed by atoms with Gasteiger partial charge in [-0.05, 0) is 0 Å². The van der Waals surface area contributed by atoms with Crippen molar-refractivity contribution in [2.24, 2.45) is 0 Å². The van der Waals surface area contributed by atoms with E-state index in [0.29, 0.717) is 12.1 Å². The van der Waals surface area contributed by atoms with Crippen LogP contribution in [0.25, 0.3) is 0 Å². The lowest BCUT2D eigenvalue weighted by atomic mass is 10.2. The van der Waals surface area contributed by atoms with Crippen LogP contribution in [0.2, 0.25) is 0 Å². The van der Waals surface area contributed by atoms with Gasteiger partial charge in [-0.3, -0.25) is 20.2 Å². The van der Waals surface area contributed by atoms with Gasteiger partial charge in [0.1, 0.15) is 5.69 Å². The largest absolute Gasteiger partial charge is 0.395 e. The van der Waals surface area contributed by atoms with Crippen LogP contribution >= 0.6 is 0 Å². The summed E-state index contributed by atoms with van der Waals surface area (Å²) in [5, 5.41) is 32.3. The number of nitro groups is 2. The molecule has 22 heavy (non-hydrogen) atoms. The van der Waals surface area contributed by atoms with Crippen molar-refractivity contribution in [3.8, 4) is 0 Å². The first-order valence-electron chi connectivity index (χ1n) is 5.85. The monoisotopic (exact) mass is 337 g/mol. The Kier molecular flexibility index (Phi) is 5.70. The molecule has 0 saturated heterocycles. The number of nitrogens with zero attached hydrogens (tertiary/aromatic N) is 2. The Bertz CT molecular complexity index is 692. The van der Waals surface area contributed by atoms with Crippen LogP contribution in [0.3, 0.4) is 0 Å². The van der Waals surface area contributed by atoms with E-state index in [1.807, 2.05) is 0 Å². The highest BCUT2D eigenvalue weighted by molar-refractivity contribution is 7.91. The molecule has 0 aliphatic rings. The van der Waals surface area contributed by atoms with E-state index < -0.39 is 55.0 Å². The van der Waals surface area contributed by atoms with E-state index in [2.05, 4.69) is 5.32 Å². The Balaban J connectivity index is 2.97. The minimum Gasteiger partial charge on any atom is -0.395 e. The molecule has 1 rings (SSSR count). The van der Waals surface area contributed by atoms with Crippen molar-refractivity contribution in [1.82, 2.24) is 0 Å². The smallest absolute Gasteiger partial charge is 0.311 e. The van der Waals surface area contributed by atoms with Gasteiger partial charge < -0.3 is 10.4 Å². The van der Waals surface area contributed by atoms with Crippen LogP contribution in [0.15, 0.2) is 12.1 Å². The first-order valence-corrected chi connectivity index (χ1v) is 7.67. The van der Waals surface area contributed by atoms with Gasteiger partial charge in [0.05, 0.1) is 34.0 Å². The van der Waals surface area contributed by atoms with Crippen LogP contribution in [0.5, 0.6) is 0 Å². The van der Waals surface area contributed by atoms with E-state index in [1.165, 1.54) is 0 Å². The van der Waals surface area contributed by atoms with Gasteiger partial charge in [0.15, 0.2) is 9.84 Å². The number of sulfone groups is 1. The molecule has 0 radical (unpaired) electrons. The van der Waals surface area contributed by atoms with Gasteiger partial charge in [-0.15, -0.1) is 0 Å². The summed E-state index contributed by atoms with van der Waals surface area (Å²) in [5.41, 5.74) is -2.16. The zero-order chi connectivity index (χ0) is 16.9. The lowest BCUT2D eigenvalue weighted by molar-refractivity contribution is -0.395. The number of nitro benzene ring substituents is 2. The van der Waals surface area contributed by atoms with Crippen molar-refractivity contribution in [3.63, 3.8) is 0 Å². The molecule has 0 bridgehead atoms. The molecule has 1 aromatic rings. The minimum atomic E-state index is -3.55. The van der Waals surface area contributed by atoms with Crippen LogP contribution in [-0.4, -0.2) is 48.0 Å². The zero-order valence-corrected chi connectivity index (χ0v) is 11.9. The van der Waals surface area contributed by atoms with E-state index in [4.69, 9.17) is 5.11 Å². The lowest BCUT2D eigenvalue weighted by Gasteiger charge is -2.08. The molecular formula is C10H12FN3O7S. The fourth-order valence-corrected chi connectivity index (χ4v) is 2.46. The number of benzene rings is 1. The molecule has 0 heterocycles. The second kappa shape index (κ2) is 7.09. The maximum atomic E-state index is 13.5. The topological polar surface area (TPSA) is 153 Å². The molecular weight excluding hydrogens is 325 g/mol. The van der Waals surface area contributed by atoms with Gasteiger partial charge in [0, 0.05) is 12.6 Å². The Morgan fingerprint density at radius 2 is 1.73 bits per heavy atom. The summed E-state index contributed by atoms with van der Waals surface area (Å²) in [5.74, 6) is -2.19. The molecule has 122 valence electrons. The third-order valence-electron chi connectivity index (χ3n) is 2.59. The SMILES string of the molecule is O=[N+]([O-])c1cc([N+](=O)[O-])c(NCCS(=O)(=O)CCO)cc1F. The van der Waals surface area contributed by atoms with Gasteiger partial charge in [-0.25, -0.2) is 8.42 Å². The molecule has 0 fully saturated rings.